The van der Waals surface area contributed by atoms with Gasteiger partial charge in [0, 0.05) is 42.8 Å². The van der Waals surface area contributed by atoms with E-state index in [1.54, 1.807) is 11.4 Å². The average molecular weight is 344 g/mol. The Morgan fingerprint density at radius 2 is 2.00 bits per heavy atom. The Bertz CT molecular complexity index is 901. The lowest BCUT2D eigenvalue weighted by molar-refractivity contribution is -0.384. The number of fused-ring (bicyclic) bond motifs is 1. The number of anilines is 1. The highest BCUT2D eigenvalue weighted by atomic mass is 32.1. The third kappa shape index (κ3) is 4.26. The van der Waals surface area contributed by atoms with Crippen LogP contribution in [-0.2, 0) is 11.3 Å². The van der Waals surface area contributed by atoms with Crippen LogP contribution in [0.15, 0.2) is 48.8 Å². The fourth-order valence-electron chi connectivity index (χ4n) is 2.08. The molecule has 3 rings (SSSR count). The number of aromatic nitrogens is 2. The molecule has 8 heteroatoms. The molecular weight excluding hydrogens is 328 g/mol. The molecule has 0 aliphatic carbocycles. The number of nitro benzene ring substituents is 1. The molecule has 0 spiro atoms. The smallest absolute Gasteiger partial charge is 0.271 e. The van der Waals surface area contributed by atoms with Crippen LogP contribution >= 0.6 is 0 Å². The van der Waals surface area contributed by atoms with Gasteiger partial charge in [0.2, 0.25) is 0 Å². The number of H-pyrrole nitrogens is 1. The lowest BCUT2D eigenvalue weighted by atomic mass is 10.2. The van der Waals surface area contributed by atoms with Gasteiger partial charge >= 0.3 is 0 Å². The zero-order chi connectivity index (χ0) is 17.5. The number of hydrogen-bond donors (Lipinski definition) is 1. The topological polar surface area (TPSA) is 92.1 Å². The second-order valence-electron chi connectivity index (χ2n) is 5.03. The second-order valence-corrected chi connectivity index (χ2v) is 5.46. The number of hydrogen-bond acceptors (Lipinski definition) is 5. The minimum Gasteiger partial charge on any atom is -0.377 e. The summed E-state index contributed by atoms with van der Waals surface area (Å²) in [6, 6.07) is 12.3. The molecule has 0 saturated heterocycles. The van der Waals surface area contributed by atoms with Crippen LogP contribution in [0.3, 0.4) is 0 Å². The molecule has 1 heterocycles. The normalized spacial score (nSPS) is 9.75. The van der Waals surface area contributed by atoms with Gasteiger partial charge in [-0.25, -0.2) is 9.19 Å². The molecular formula is C16H16N4O3S. The minimum atomic E-state index is -0.436. The Morgan fingerprint density at radius 3 is 2.67 bits per heavy atom. The molecule has 0 atom stereocenters. The Morgan fingerprint density at radius 1 is 1.25 bits per heavy atom. The fraction of sp³-hybridized carbons (Fsp3) is 0.125. The predicted octanol–water partition coefficient (Wildman–Crippen LogP) is 2.59. The molecule has 0 saturated carbocycles. The maximum Gasteiger partial charge on any atom is 0.271 e. The summed E-state index contributed by atoms with van der Waals surface area (Å²) in [6.45, 7) is 0. The van der Waals surface area contributed by atoms with E-state index >= 15 is 0 Å². The van der Waals surface area contributed by atoms with Gasteiger partial charge in [0.05, 0.1) is 33.5 Å². The van der Waals surface area contributed by atoms with Crippen LogP contribution in [0.4, 0.5) is 11.4 Å². The monoisotopic (exact) mass is 344 g/mol. The third-order valence-corrected chi connectivity index (χ3v) is 3.56. The Labute approximate surface area is 142 Å². The zero-order valence-corrected chi connectivity index (χ0v) is 14.0. The molecule has 0 unspecified atom stereocenters. The highest BCUT2D eigenvalue weighted by Crippen LogP contribution is 2.17. The number of rotatable bonds is 3. The summed E-state index contributed by atoms with van der Waals surface area (Å²) >= 11 is 0.485. The van der Waals surface area contributed by atoms with E-state index in [1.807, 2.05) is 43.3 Å². The van der Waals surface area contributed by atoms with Crippen LogP contribution in [0.2, 0.25) is 0 Å². The van der Waals surface area contributed by atoms with E-state index in [2.05, 4.69) is 9.97 Å². The predicted molar refractivity (Wildman–Crippen MR) is 96.8 cm³/mol. The van der Waals surface area contributed by atoms with Gasteiger partial charge in [-0.15, -0.1) is 0 Å². The van der Waals surface area contributed by atoms with E-state index in [0.717, 1.165) is 16.8 Å². The van der Waals surface area contributed by atoms with Crippen molar-refractivity contribution in [3.05, 3.63) is 64.5 Å². The lowest BCUT2D eigenvalue weighted by Crippen LogP contribution is -2.10. The summed E-state index contributed by atoms with van der Waals surface area (Å²) < 4.78 is 10.3. The summed E-state index contributed by atoms with van der Waals surface area (Å²) in [7, 11) is 3.92. The first-order chi connectivity index (χ1) is 11.5. The van der Waals surface area contributed by atoms with Crippen LogP contribution in [0, 0.1) is 10.1 Å². The first-order valence-corrected chi connectivity index (χ1v) is 7.79. The van der Waals surface area contributed by atoms with Crippen LogP contribution in [-0.4, -0.2) is 38.6 Å². The maximum atomic E-state index is 10.3. The fourth-order valence-corrected chi connectivity index (χ4v) is 2.38. The SMILES string of the molecule is CN(C)c1ccccc1C=S=O.O=[N+]([O-])c1ccc2[nH]cnc2c1. The summed E-state index contributed by atoms with van der Waals surface area (Å²) in [5.74, 6) is 0. The van der Waals surface area contributed by atoms with Gasteiger partial charge in [0.25, 0.3) is 5.69 Å². The molecule has 0 aliphatic heterocycles. The highest BCUT2D eigenvalue weighted by Gasteiger charge is 2.06. The van der Waals surface area contributed by atoms with E-state index < -0.39 is 4.92 Å². The largest absolute Gasteiger partial charge is 0.377 e. The van der Waals surface area contributed by atoms with E-state index in [4.69, 9.17) is 0 Å². The number of nitrogens with one attached hydrogen (secondary N) is 1. The number of para-hydroxylation sites is 1. The Kier molecular flexibility index (Phi) is 5.80. The van der Waals surface area contributed by atoms with Gasteiger partial charge in [-0.2, -0.15) is 0 Å². The quantitative estimate of drug-likeness (QED) is 0.448. The molecule has 1 N–H and O–H groups in total. The molecule has 7 nitrogen and oxygen atoms in total. The minimum absolute atomic E-state index is 0.0644. The summed E-state index contributed by atoms with van der Waals surface area (Å²) in [6.07, 6.45) is 1.51. The Balaban J connectivity index is 0.000000174. The van der Waals surface area contributed by atoms with E-state index in [-0.39, 0.29) is 5.69 Å². The summed E-state index contributed by atoms with van der Waals surface area (Å²) in [5.41, 5.74) is 3.53. The average Bonchev–Trinajstić information content (AvgIpc) is 3.03. The van der Waals surface area contributed by atoms with Crippen LogP contribution in [0.25, 0.3) is 11.0 Å². The molecule has 3 aromatic rings. The molecule has 0 radical (unpaired) electrons. The van der Waals surface area contributed by atoms with Gasteiger partial charge in [-0.1, -0.05) is 18.2 Å². The van der Waals surface area contributed by atoms with Gasteiger partial charge in [-0.05, 0) is 12.1 Å². The summed E-state index contributed by atoms with van der Waals surface area (Å²) in [4.78, 5) is 18.6. The highest BCUT2D eigenvalue weighted by molar-refractivity contribution is 7.65. The van der Waals surface area contributed by atoms with Crippen molar-refractivity contribution in [2.45, 2.75) is 0 Å². The zero-order valence-electron chi connectivity index (χ0n) is 13.2. The van der Waals surface area contributed by atoms with Crippen LogP contribution < -0.4 is 4.90 Å². The molecule has 0 bridgehead atoms. The lowest BCUT2D eigenvalue weighted by Gasteiger charge is -2.14. The number of nitro groups is 1. The molecule has 2 aromatic carbocycles. The van der Waals surface area contributed by atoms with Crippen molar-refractivity contribution in [1.82, 2.24) is 9.97 Å². The van der Waals surface area contributed by atoms with E-state index in [1.165, 1.54) is 18.5 Å². The van der Waals surface area contributed by atoms with Crippen molar-refractivity contribution in [2.75, 3.05) is 19.0 Å². The van der Waals surface area contributed by atoms with Crippen molar-refractivity contribution in [2.24, 2.45) is 0 Å². The Hall–Kier alpha value is -3.00. The first-order valence-electron chi connectivity index (χ1n) is 6.98. The molecule has 124 valence electrons. The van der Waals surface area contributed by atoms with E-state index in [0.29, 0.717) is 16.8 Å². The molecule has 0 aliphatic rings. The van der Waals surface area contributed by atoms with Crippen molar-refractivity contribution in [3.8, 4) is 0 Å². The number of imidazole rings is 1. The molecule has 0 amide bonds. The van der Waals surface area contributed by atoms with Crippen molar-refractivity contribution in [1.29, 1.82) is 0 Å². The van der Waals surface area contributed by atoms with E-state index in [9.17, 15) is 14.3 Å². The standard InChI is InChI=1S/C9H11NOS.C7H5N3O2/c1-10(2)9-6-4-3-5-8(9)7-12-11;11-10(12)5-1-2-6-7(3-5)9-4-8-6/h3-7H,1-2H3;1-4H,(H,8,9). The van der Waals surface area contributed by atoms with Crippen LogP contribution in [0.5, 0.6) is 0 Å². The number of aromatic amines is 1. The maximum absolute atomic E-state index is 10.3. The van der Waals surface area contributed by atoms with Gasteiger partial charge in [0.1, 0.15) is 0 Å². The summed E-state index contributed by atoms with van der Waals surface area (Å²) in [5, 5.41) is 11.9. The van der Waals surface area contributed by atoms with Crippen molar-refractivity contribution < 1.29 is 9.13 Å². The first kappa shape index (κ1) is 17.4. The number of nitrogens with zero attached hydrogens (tertiary/aromatic N) is 3. The third-order valence-electron chi connectivity index (χ3n) is 3.21. The number of non-ortho nitro benzene ring substituents is 1. The van der Waals surface area contributed by atoms with Crippen LogP contribution in [0.1, 0.15) is 5.56 Å². The second kappa shape index (κ2) is 8.02. The molecule has 24 heavy (non-hydrogen) atoms. The van der Waals surface area contributed by atoms with Crippen molar-refractivity contribution >= 4 is 39.0 Å². The molecule has 0 fully saturated rings. The van der Waals surface area contributed by atoms with Gasteiger partial charge < -0.3 is 9.88 Å². The van der Waals surface area contributed by atoms with Gasteiger partial charge in [-0.3, -0.25) is 10.1 Å². The number of benzene rings is 2. The van der Waals surface area contributed by atoms with Gasteiger partial charge in [0.15, 0.2) is 0 Å². The molecule has 1 aromatic heterocycles. The van der Waals surface area contributed by atoms with Crippen molar-refractivity contribution in [3.63, 3.8) is 0 Å².